The second-order valence-electron chi connectivity index (χ2n) is 25.2. The number of carbonyl (C=O) groups is 1. The van der Waals surface area contributed by atoms with Crippen molar-refractivity contribution in [1.29, 1.82) is 0 Å². The van der Waals surface area contributed by atoms with Crippen LogP contribution in [0.3, 0.4) is 0 Å². The number of phosphoric ester groups is 1. The number of allylic oxidation sites excluding steroid dienone is 12. The summed E-state index contributed by atoms with van der Waals surface area (Å²) in [6.45, 7) is 4.82. The van der Waals surface area contributed by atoms with Gasteiger partial charge in [-0.05, 0) is 64.2 Å². The van der Waals surface area contributed by atoms with Crippen molar-refractivity contribution < 1.29 is 32.9 Å². The van der Waals surface area contributed by atoms with E-state index in [9.17, 15) is 19.4 Å². The SMILES string of the molecule is CC/C=C\C/C=C\C/C=C\C/C=C\C/C=C\C/C=C\CCCCCCCCCCCCCCCCCCC(=O)NC(COP(=O)(O)OCC[N+](C)(C)C)C(O)CCCCCCCCCCCCCCCCCCCCCCCCCCC. The van der Waals surface area contributed by atoms with Crippen LogP contribution in [0, 0.1) is 0 Å². The molecule has 0 aromatic carbocycles. The molecule has 0 aliphatic carbocycles. The number of unbranched alkanes of at least 4 members (excludes halogenated alkanes) is 40. The van der Waals surface area contributed by atoms with Gasteiger partial charge in [0.2, 0.25) is 5.91 Å². The normalized spacial score (nSPS) is 14.1. The molecule has 0 aliphatic heterocycles. The van der Waals surface area contributed by atoms with Crippen LogP contribution in [0.4, 0.5) is 0 Å². The predicted octanol–water partition coefficient (Wildman–Crippen LogP) is 22.6. The van der Waals surface area contributed by atoms with Gasteiger partial charge in [0, 0.05) is 6.42 Å². The molecular weight excluding hydrogens is 1030 g/mol. The number of phosphoric acid groups is 1. The number of aliphatic hydroxyl groups is 1. The van der Waals surface area contributed by atoms with E-state index < -0.39 is 20.0 Å². The van der Waals surface area contributed by atoms with E-state index >= 15 is 0 Å². The third-order valence-electron chi connectivity index (χ3n) is 16.0. The first-order valence-corrected chi connectivity index (χ1v) is 36.8. The topological polar surface area (TPSA) is 105 Å². The molecule has 0 aliphatic rings. The molecule has 0 bridgehead atoms. The van der Waals surface area contributed by atoms with Gasteiger partial charge in [0.05, 0.1) is 39.9 Å². The number of nitrogens with one attached hydrogen (secondary N) is 1. The molecule has 3 unspecified atom stereocenters. The largest absolute Gasteiger partial charge is 0.472 e. The zero-order chi connectivity index (χ0) is 59.8. The lowest BCUT2D eigenvalue weighted by Crippen LogP contribution is -2.46. The minimum absolute atomic E-state index is 0.0743. The molecule has 0 saturated heterocycles. The quantitative estimate of drug-likeness (QED) is 0.0243. The fraction of sp³-hybridized carbons (Fsp3) is 0.822. The van der Waals surface area contributed by atoms with Crippen LogP contribution >= 0.6 is 7.82 Å². The van der Waals surface area contributed by atoms with Crippen LogP contribution in [0.2, 0.25) is 0 Å². The lowest BCUT2D eigenvalue weighted by Gasteiger charge is -2.26. The molecule has 0 rings (SSSR count). The standard InChI is InChI=1S/C73H137N2O6P/c1-6-8-10-12-14-16-18-20-22-24-26-28-30-32-33-34-35-36-37-38-39-40-41-43-45-47-49-51-53-55-57-59-61-63-65-67-73(77)74-71(70-81-82(78,79)80-69-68-75(3,4)5)72(76)66-64-62-60-58-56-54-52-50-48-46-44-42-31-29-27-25-23-21-19-17-15-13-11-9-7-2/h8,10,14,16,20,22,26,28,32-33,35-36,71-72,76H,6-7,9,11-13,15,17-19,21,23-25,27,29-31,34,37-70H2,1-5H3,(H-,74,77,78,79)/p+1/b10-8-,16-14-,22-20-,28-26-,33-32-,36-35-. The second-order valence-corrected chi connectivity index (χ2v) is 26.7. The van der Waals surface area contributed by atoms with Crippen LogP contribution in [0.5, 0.6) is 0 Å². The van der Waals surface area contributed by atoms with E-state index in [0.717, 1.165) is 77.0 Å². The van der Waals surface area contributed by atoms with E-state index in [1.54, 1.807) is 0 Å². The maximum absolute atomic E-state index is 13.1. The first-order chi connectivity index (χ1) is 40.0. The summed E-state index contributed by atoms with van der Waals surface area (Å²) in [7, 11) is 1.63. The maximum atomic E-state index is 13.1. The molecule has 0 heterocycles. The number of quaternary nitrogens is 1. The van der Waals surface area contributed by atoms with Crippen molar-refractivity contribution in [3.05, 3.63) is 72.9 Å². The van der Waals surface area contributed by atoms with Crippen LogP contribution in [0.15, 0.2) is 72.9 Å². The van der Waals surface area contributed by atoms with Gasteiger partial charge < -0.3 is 19.8 Å². The summed E-state index contributed by atoms with van der Waals surface area (Å²) in [5.74, 6) is -0.141. The number of nitrogens with zero attached hydrogens (tertiary/aromatic N) is 1. The Bertz CT molecular complexity index is 1570. The summed E-state index contributed by atoms with van der Waals surface area (Å²) in [6, 6.07) is -0.764. The highest BCUT2D eigenvalue weighted by atomic mass is 31.2. The Labute approximate surface area is 510 Å². The Morgan fingerprint density at radius 2 is 0.732 bits per heavy atom. The molecule has 480 valence electrons. The number of hydrogen-bond donors (Lipinski definition) is 3. The molecule has 1 amide bonds. The Kier molecular flexibility index (Phi) is 61.8. The van der Waals surface area contributed by atoms with Crippen LogP contribution in [0.1, 0.15) is 335 Å². The van der Waals surface area contributed by atoms with Gasteiger partial charge in [0.25, 0.3) is 0 Å². The summed E-state index contributed by atoms with van der Waals surface area (Å²) in [4.78, 5) is 23.5. The number of aliphatic hydroxyl groups excluding tert-OH is 1. The molecule has 0 aromatic rings. The third-order valence-corrected chi connectivity index (χ3v) is 17.0. The molecule has 0 saturated carbocycles. The van der Waals surface area contributed by atoms with Crippen molar-refractivity contribution in [1.82, 2.24) is 5.32 Å². The maximum Gasteiger partial charge on any atom is 0.472 e. The van der Waals surface area contributed by atoms with Gasteiger partial charge in [-0.2, -0.15) is 0 Å². The highest BCUT2D eigenvalue weighted by Crippen LogP contribution is 2.43. The van der Waals surface area contributed by atoms with Gasteiger partial charge in [-0.25, -0.2) is 4.57 Å². The van der Waals surface area contributed by atoms with Gasteiger partial charge in [0.15, 0.2) is 0 Å². The van der Waals surface area contributed by atoms with E-state index in [1.807, 2.05) is 21.1 Å². The smallest absolute Gasteiger partial charge is 0.391 e. The Hall–Kier alpha value is -2.06. The zero-order valence-electron chi connectivity index (χ0n) is 55.0. The summed E-state index contributed by atoms with van der Waals surface area (Å²) in [5, 5.41) is 14.2. The summed E-state index contributed by atoms with van der Waals surface area (Å²) in [5.41, 5.74) is 0. The van der Waals surface area contributed by atoms with Crippen molar-refractivity contribution in [2.45, 2.75) is 347 Å². The van der Waals surface area contributed by atoms with E-state index in [1.165, 1.54) is 231 Å². The van der Waals surface area contributed by atoms with E-state index in [-0.39, 0.29) is 19.1 Å². The van der Waals surface area contributed by atoms with E-state index in [0.29, 0.717) is 23.9 Å². The minimum Gasteiger partial charge on any atom is -0.391 e. The highest BCUT2D eigenvalue weighted by Gasteiger charge is 2.28. The molecule has 0 aromatic heterocycles. The van der Waals surface area contributed by atoms with E-state index in [2.05, 4.69) is 92.1 Å². The summed E-state index contributed by atoms with van der Waals surface area (Å²) >= 11 is 0. The lowest BCUT2D eigenvalue weighted by molar-refractivity contribution is -0.870. The molecule has 3 atom stereocenters. The van der Waals surface area contributed by atoms with Crippen molar-refractivity contribution in [3.8, 4) is 0 Å². The first-order valence-electron chi connectivity index (χ1n) is 35.3. The Morgan fingerprint density at radius 3 is 1.07 bits per heavy atom. The van der Waals surface area contributed by atoms with Crippen molar-refractivity contribution in [3.63, 3.8) is 0 Å². The molecule has 82 heavy (non-hydrogen) atoms. The number of hydrogen-bond acceptors (Lipinski definition) is 5. The molecular formula is C73H138N2O6P+. The van der Waals surface area contributed by atoms with Crippen LogP contribution in [-0.4, -0.2) is 73.4 Å². The highest BCUT2D eigenvalue weighted by molar-refractivity contribution is 7.47. The number of carbonyl (C=O) groups excluding carboxylic acids is 1. The zero-order valence-corrected chi connectivity index (χ0v) is 55.9. The second kappa shape index (κ2) is 63.4. The third kappa shape index (κ3) is 65.5. The average molecular weight is 1170 g/mol. The predicted molar refractivity (Wildman–Crippen MR) is 360 cm³/mol. The molecule has 9 heteroatoms. The van der Waals surface area contributed by atoms with Crippen LogP contribution in [0.25, 0.3) is 0 Å². The van der Waals surface area contributed by atoms with Gasteiger partial charge in [-0.1, -0.05) is 337 Å². The van der Waals surface area contributed by atoms with Crippen molar-refractivity contribution in [2.24, 2.45) is 0 Å². The van der Waals surface area contributed by atoms with Gasteiger partial charge in [0.1, 0.15) is 13.2 Å². The molecule has 0 spiro atoms. The summed E-state index contributed by atoms with van der Waals surface area (Å²) in [6.07, 6.45) is 88.6. The fourth-order valence-electron chi connectivity index (χ4n) is 10.5. The van der Waals surface area contributed by atoms with Crippen LogP contribution < -0.4 is 5.32 Å². The van der Waals surface area contributed by atoms with Crippen LogP contribution in [-0.2, 0) is 18.4 Å². The van der Waals surface area contributed by atoms with E-state index in [4.69, 9.17) is 9.05 Å². The van der Waals surface area contributed by atoms with Gasteiger partial charge >= 0.3 is 7.82 Å². The van der Waals surface area contributed by atoms with Crippen molar-refractivity contribution >= 4 is 13.7 Å². The molecule has 3 N–H and O–H groups in total. The number of rotatable bonds is 65. The minimum atomic E-state index is -4.33. The lowest BCUT2D eigenvalue weighted by atomic mass is 10.0. The van der Waals surface area contributed by atoms with Gasteiger partial charge in [-0.15, -0.1) is 0 Å². The van der Waals surface area contributed by atoms with Gasteiger partial charge in [-0.3, -0.25) is 13.8 Å². The number of amides is 1. The Morgan fingerprint density at radius 1 is 0.427 bits per heavy atom. The Balaban J connectivity index is 4.02. The fourth-order valence-corrected chi connectivity index (χ4v) is 11.3. The monoisotopic (exact) mass is 1170 g/mol. The summed E-state index contributed by atoms with van der Waals surface area (Å²) < 4.78 is 23.9. The average Bonchev–Trinajstić information content (AvgIpc) is 3.45. The molecule has 8 nitrogen and oxygen atoms in total. The molecule has 0 radical (unpaired) electrons. The number of likely N-dealkylation sites (N-methyl/N-ethyl adjacent to an activating group) is 1. The van der Waals surface area contributed by atoms with Crippen molar-refractivity contribution in [2.75, 3.05) is 40.9 Å². The molecule has 0 fully saturated rings. The first kappa shape index (κ1) is 79.9.